The second-order valence-corrected chi connectivity index (χ2v) is 7.11. The van der Waals surface area contributed by atoms with E-state index < -0.39 is 0 Å². The first kappa shape index (κ1) is 19.3. The molecule has 7 nitrogen and oxygen atoms in total. The standard InChI is InChI=1S/C18H30N4O3/c1-5-12(6-2)10-19-18(24)25-14-7-13(8-14)15-9-16(22-21-15)20-17(23)11(3)4/h9,11-14H,5-8,10H2,1-4H3,(H,19,24)(H2,20,21,22,23)/t13-,14+. The summed E-state index contributed by atoms with van der Waals surface area (Å²) in [5, 5.41) is 12.7. The van der Waals surface area contributed by atoms with E-state index in [1.807, 2.05) is 19.9 Å². The van der Waals surface area contributed by atoms with Crippen molar-refractivity contribution in [1.82, 2.24) is 15.5 Å². The molecule has 0 bridgehead atoms. The van der Waals surface area contributed by atoms with Crippen LogP contribution in [0.4, 0.5) is 10.6 Å². The number of nitrogens with one attached hydrogen (secondary N) is 3. The number of rotatable bonds is 8. The molecular weight excluding hydrogens is 320 g/mol. The Balaban J connectivity index is 1.71. The van der Waals surface area contributed by atoms with Crippen molar-refractivity contribution in [3.63, 3.8) is 0 Å². The van der Waals surface area contributed by atoms with Crippen LogP contribution in [-0.2, 0) is 9.53 Å². The molecule has 0 aromatic carbocycles. The van der Waals surface area contributed by atoms with Gasteiger partial charge in [-0.2, -0.15) is 5.10 Å². The molecule has 140 valence electrons. The molecule has 0 aliphatic heterocycles. The molecule has 0 atom stereocenters. The van der Waals surface area contributed by atoms with E-state index in [-0.39, 0.29) is 29.9 Å². The summed E-state index contributed by atoms with van der Waals surface area (Å²) < 4.78 is 5.43. The van der Waals surface area contributed by atoms with Gasteiger partial charge in [0, 0.05) is 30.1 Å². The van der Waals surface area contributed by atoms with Crippen LogP contribution in [0.5, 0.6) is 0 Å². The van der Waals surface area contributed by atoms with Crippen LogP contribution in [0.1, 0.15) is 65.0 Å². The van der Waals surface area contributed by atoms with Crippen LogP contribution in [-0.4, -0.2) is 34.8 Å². The minimum atomic E-state index is -0.329. The number of hydrogen-bond donors (Lipinski definition) is 3. The number of alkyl carbamates (subject to hydrolysis) is 1. The first-order valence-corrected chi connectivity index (χ1v) is 9.23. The molecule has 2 rings (SSSR count). The summed E-state index contributed by atoms with van der Waals surface area (Å²) in [6.07, 6.45) is 3.28. The Morgan fingerprint density at radius 2 is 2.00 bits per heavy atom. The van der Waals surface area contributed by atoms with Gasteiger partial charge in [0.25, 0.3) is 0 Å². The summed E-state index contributed by atoms with van der Waals surface area (Å²) in [5.41, 5.74) is 0.969. The highest BCUT2D eigenvalue weighted by Gasteiger charge is 2.34. The number of carbonyl (C=O) groups is 2. The lowest BCUT2D eigenvalue weighted by molar-refractivity contribution is -0.118. The van der Waals surface area contributed by atoms with Gasteiger partial charge >= 0.3 is 6.09 Å². The van der Waals surface area contributed by atoms with Crippen molar-refractivity contribution in [3.8, 4) is 0 Å². The van der Waals surface area contributed by atoms with E-state index in [2.05, 4.69) is 34.7 Å². The van der Waals surface area contributed by atoms with E-state index in [0.29, 0.717) is 18.3 Å². The number of aromatic nitrogens is 2. The van der Waals surface area contributed by atoms with Gasteiger partial charge in [0.1, 0.15) is 6.10 Å². The zero-order chi connectivity index (χ0) is 18.4. The average Bonchev–Trinajstić information content (AvgIpc) is 2.99. The highest BCUT2D eigenvalue weighted by atomic mass is 16.6. The number of anilines is 1. The van der Waals surface area contributed by atoms with Gasteiger partial charge in [-0.3, -0.25) is 9.89 Å². The lowest BCUT2D eigenvalue weighted by Crippen LogP contribution is -2.37. The van der Waals surface area contributed by atoms with Crippen molar-refractivity contribution >= 4 is 17.8 Å². The van der Waals surface area contributed by atoms with Crippen LogP contribution in [0.15, 0.2) is 6.07 Å². The van der Waals surface area contributed by atoms with Gasteiger partial charge in [-0.1, -0.05) is 40.5 Å². The highest BCUT2D eigenvalue weighted by molar-refractivity contribution is 5.91. The molecule has 7 heteroatoms. The van der Waals surface area contributed by atoms with Gasteiger partial charge in [-0.05, 0) is 18.8 Å². The van der Waals surface area contributed by atoms with Crippen LogP contribution >= 0.6 is 0 Å². The van der Waals surface area contributed by atoms with Gasteiger partial charge in [0.2, 0.25) is 5.91 Å². The molecule has 3 N–H and O–H groups in total. The molecule has 1 heterocycles. The predicted octanol–water partition coefficient (Wildman–Crippen LogP) is 3.41. The number of amides is 2. The fraction of sp³-hybridized carbons (Fsp3) is 0.722. The third-order valence-electron chi connectivity index (χ3n) is 4.87. The normalized spacial score (nSPS) is 19.6. The number of ether oxygens (including phenoxy) is 1. The molecule has 1 fully saturated rings. The Hall–Kier alpha value is -2.05. The molecule has 0 saturated heterocycles. The fourth-order valence-corrected chi connectivity index (χ4v) is 2.79. The van der Waals surface area contributed by atoms with Crippen LogP contribution < -0.4 is 10.6 Å². The molecular formula is C18H30N4O3. The Bertz CT molecular complexity index is 575. The van der Waals surface area contributed by atoms with Crippen LogP contribution in [0, 0.1) is 11.8 Å². The largest absolute Gasteiger partial charge is 0.446 e. The number of nitrogens with zero attached hydrogens (tertiary/aromatic N) is 1. The Morgan fingerprint density at radius 1 is 1.32 bits per heavy atom. The van der Waals surface area contributed by atoms with Crippen molar-refractivity contribution < 1.29 is 14.3 Å². The van der Waals surface area contributed by atoms with Crippen molar-refractivity contribution in [2.24, 2.45) is 11.8 Å². The maximum absolute atomic E-state index is 11.8. The Labute approximate surface area is 149 Å². The second kappa shape index (κ2) is 8.87. The third-order valence-corrected chi connectivity index (χ3v) is 4.87. The van der Waals surface area contributed by atoms with E-state index in [4.69, 9.17) is 4.74 Å². The summed E-state index contributed by atoms with van der Waals surface area (Å²) in [6.45, 7) is 8.59. The molecule has 25 heavy (non-hydrogen) atoms. The van der Waals surface area contributed by atoms with Crippen LogP contribution in [0.3, 0.4) is 0 Å². The number of H-pyrrole nitrogens is 1. The Kier molecular flexibility index (Phi) is 6.84. The first-order chi connectivity index (χ1) is 11.9. The number of aromatic amines is 1. The van der Waals surface area contributed by atoms with E-state index in [1.54, 1.807) is 0 Å². The zero-order valence-electron chi connectivity index (χ0n) is 15.6. The van der Waals surface area contributed by atoms with E-state index in [9.17, 15) is 9.59 Å². The van der Waals surface area contributed by atoms with Gasteiger partial charge < -0.3 is 15.4 Å². The van der Waals surface area contributed by atoms with Crippen molar-refractivity contribution in [2.75, 3.05) is 11.9 Å². The molecule has 1 aromatic rings. The highest BCUT2D eigenvalue weighted by Crippen LogP contribution is 2.38. The van der Waals surface area contributed by atoms with Crippen molar-refractivity contribution in [1.29, 1.82) is 0 Å². The van der Waals surface area contributed by atoms with Crippen LogP contribution in [0.25, 0.3) is 0 Å². The first-order valence-electron chi connectivity index (χ1n) is 9.23. The lowest BCUT2D eigenvalue weighted by atomic mass is 9.80. The summed E-state index contributed by atoms with van der Waals surface area (Å²) >= 11 is 0. The smallest absolute Gasteiger partial charge is 0.407 e. The predicted molar refractivity (Wildman–Crippen MR) is 96.4 cm³/mol. The molecule has 1 aliphatic rings. The third kappa shape index (κ3) is 5.47. The molecule has 0 radical (unpaired) electrons. The molecule has 0 unspecified atom stereocenters. The van der Waals surface area contributed by atoms with E-state index >= 15 is 0 Å². The van der Waals surface area contributed by atoms with Crippen LogP contribution in [0.2, 0.25) is 0 Å². The summed E-state index contributed by atoms with van der Waals surface area (Å²) in [5.74, 6) is 1.20. The SMILES string of the molecule is CCC(CC)CNC(=O)O[C@H]1C[C@@H](c2cc(NC(=O)C(C)C)n[nH]2)C1. The molecule has 1 saturated carbocycles. The van der Waals surface area contributed by atoms with Gasteiger partial charge in [0.05, 0.1) is 0 Å². The monoisotopic (exact) mass is 350 g/mol. The van der Waals surface area contributed by atoms with Gasteiger partial charge in [-0.15, -0.1) is 0 Å². The van der Waals surface area contributed by atoms with Crippen molar-refractivity contribution in [3.05, 3.63) is 11.8 Å². The number of carbonyl (C=O) groups excluding carboxylic acids is 2. The van der Waals surface area contributed by atoms with Gasteiger partial charge in [-0.25, -0.2) is 4.79 Å². The fourth-order valence-electron chi connectivity index (χ4n) is 2.79. The quantitative estimate of drug-likeness (QED) is 0.669. The molecule has 0 spiro atoms. The molecule has 1 aromatic heterocycles. The zero-order valence-corrected chi connectivity index (χ0v) is 15.6. The van der Waals surface area contributed by atoms with E-state index in [0.717, 1.165) is 31.4 Å². The average molecular weight is 350 g/mol. The molecule has 2 amide bonds. The maximum Gasteiger partial charge on any atom is 0.407 e. The summed E-state index contributed by atoms with van der Waals surface area (Å²) in [6, 6.07) is 1.86. The minimum Gasteiger partial charge on any atom is -0.446 e. The number of hydrogen-bond acceptors (Lipinski definition) is 4. The lowest BCUT2D eigenvalue weighted by Gasteiger charge is -2.33. The maximum atomic E-state index is 11.8. The Morgan fingerprint density at radius 3 is 2.60 bits per heavy atom. The van der Waals surface area contributed by atoms with E-state index in [1.165, 1.54) is 0 Å². The molecule has 1 aliphatic carbocycles. The minimum absolute atomic E-state index is 0.0521. The summed E-state index contributed by atoms with van der Waals surface area (Å²) in [7, 11) is 0. The topological polar surface area (TPSA) is 96.1 Å². The van der Waals surface area contributed by atoms with Gasteiger partial charge in [0.15, 0.2) is 5.82 Å². The summed E-state index contributed by atoms with van der Waals surface area (Å²) in [4.78, 5) is 23.5. The van der Waals surface area contributed by atoms with Crippen molar-refractivity contribution in [2.45, 2.75) is 65.4 Å². The second-order valence-electron chi connectivity index (χ2n) is 7.11.